The summed E-state index contributed by atoms with van der Waals surface area (Å²) in [5, 5.41) is 8.91. The lowest BCUT2D eigenvalue weighted by Crippen LogP contribution is -2.48. The molecule has 1 aliphatic rings. The number of aliphatic hydroxyl groups is 1. The van der Waals surface area contributed by atoms with E-state index in [1.54, 1.807) is 12.1 Å². The Bertz CT molecular complexity index is 537. The fourth-order valence-corrected chi connectivity index (χ4v) is 3.01. The highest BCUT2D eigenvalue weighted by Gasteiger charge is 2.26. The number of piperidine rings is 1. The first-order valence-electron chi connectivity index (χ1n) is 7.09. The second-order valence-corrected chi connectivity index (χ2v) is 7.68. The third kappa shape index (κ3) is 6.56. The van der Waals surface area contributed by atoms with Crippen molar-refractivity contribution in [3.63, 3.8) is 0 Å². The fourth-order valence-electron chi connectivity index (χ4n) is 2.54. The maximum atomic E-state index is 10.4. The van der Waals surface area contributed by atoms with Crippen LogP contribution in [-0.4, -0.2) is 56.4 Å². The second kappa shape index (κ2) is 7.35. The highest BCUT2D eigenvalue weighted by atomic mass is 32.2. The summed E-state index contributed by atoms with van der Waals surface area (Å²) in [5.41, 5.74) is 0.928. The minimum atomic E-state index is -4.27. The van der Waals surface area contributed by atoms with Crippen molar-refractivity contribution >= 4 is 10.1 Å². The van der Waals surface area contributed by atoms with Crippen LogP contribution in [-0.2, 0) is 10.1 Å². The van der Waals surface area contributed by atoms with E-state index in [0.29, 0.717) is 12.5 Å². The van der Waals surface area contributed by atoms with Crippen molar-refractivity contribution in [2.75, 3.05) is 33.8 Å². The van der Waals surface area contributed by atoms with E-state index in [4.69, 9.17) is 5.11 Å². The SMILES string of the molecule is C[N+]1(C)CCCC(CO)C1.Cc1ccc(S(=O)(=O)[O-])cc1. The Morgan fingerprint density at radius 3 is 2.24 bits per heavy atom. The Morgan fingerprint density at radius 2 is 1.86 bits per heavy atom. The van der Waals surface area contributed by atoms with Gasteiger partial charge >= 0.3 is 0 Å². The molecule has 1 aromatic carbocycles. The summed E-state index contributed by atoms with van der Waals surface area (Å²) in [6.45, 7) is 4.62. The van der Waals surface area contributed by atoms with Crippen LogP contribution < -0.4 is 0 Å². The van der Waals surface area contributed by atoms with E-state index >= 15 is 0 Å². The Morgan fingerprint density at radius 1 is 1.29 bits per heavy atom. The molecular weight excluding hydrogens is 290 g/mol. The smallest absolute Gasteiger partial charge is 0.124 e. The molecule has 2 rings (SSSR count). The van der Waals surface area contributed by atoms with Crippen LogP contribution in [0.1, 0.15) is 18.4 Å². The minimum Gasteiger partial charge on any atom is -0.744 e. The lowest BCUT2D eigenvalue weighted by Gasteiger charge is -2.37. The Hall–Kier alpha value is -0.950. The van der Waals surface area contributed by atoms with Crippen molar-refractivity contribution in [1.82, 2.24) is 0 Å². The summed E-state index contributed by atoms with van der Waals surface area (Å²) in [4.78, 5) is -0.178. The number of nitrogens with zero attached hydrogens (tertiary/aromatic N) is 1. The summed E-state index contributed by atoms with van der Waals surface area (Å²) in [6, 6.07) is 5.78. The predicted octanol–water partition coefficient (Wildman–Crippen LogP) is 1.36. The molecule has 1 unspecified atom stereocenters. The third-order valence-electron chi connectivity index (χ3n) is 3.70. The topological polar surface area (TPSA) is 77.4 Å². The standard InChI is InChI=1S/C8H18NO.C7H8O3S/c1-9(2)5-3-4-8(6-9)7-10;1-6-2-4-7(5-3-6)11(8,9)10/h8,10H,3-7H2,1-2H3;2-5H,1H3,(H,8,9,10)/q+1;/p-1. The molecule has 0 saturated carbocycles. The van der Waals surface area contributed by atoms with Crippen LogP contribution >= 0.6 is 0 Å². The van der Waals surface area contributed by atoms with Gasteiger partial charge in [0.2, 0.25) is 0 Å². The maximum absolute atomic E-state index is 10.4. The molecule has 1 fully saturated rings. The summed E-state index contributed by atoms with van der Waals surface area (Å²) in [6.07, 6.45) is 2.50. The van der Waals surface area contributed by atoms with Crippen molar-refractivity contribution in [2.24, 2.45) is 5.92 Å². The van der Waals surface area contributed by atoms with Gasteiger partial charge in [0.25, 0.3) is 0 Å². The summed E-state index contributed by atoms with van der Waals surface area (Å²) in [5.74, 6) is 0.559. The van der Waals surface area contributed by atoms with Gasteiger partial charge in [0.15, 0.2) is 0 Å². The van der Waals surface area contributed by atoms with E-state index in [1.807, 2.05) is 6.92 Å². The molecule has 21 heavy (non-hydrogen) atoms. The summed E-state index contributed by atoms with van der Waals surface area (Å²) >= 11 is 0. The highest BCUT2D eigenvalue weighted by Crippen LogP contribution is 2.18. The number of aliphatic hydroxyl groups excluding tert-OH is 1. The molecule has 0 aromatic heterocycles. The molecular formula is C15H25NO4S. The van der Waals surface area contributed by atoms with Crippen LogP contribution in [0.5, 0.6) is 0 Å². The monoisotopic (exact) mass is 315 g/mol. The van der Waals surface area contributed by atoms with Crippen molar-refractivity contribution in [3.8, 4) is 0 Å². The second-order valence-electron chi connectivity index (χ2n) is 6.30. The van der Waals surface area contributed by atoms with E-state index in [1.165, 1.54) is 31.5 Å². The third-order valence-corrected chi connectivity index (χ3v) is 4.55. The molecule has 6 heteroatoms. The van der Waals surface area contributed by atoms with Crippen LogP contribution in [0.25, 0.3) is 0 Å². The largest absolute Gasteiger partial charge is 0.744 e. The van der Waals surface area contributed by atoms with Crippen molar-refractivity contribution in [3.05, 3.63) is 29.8 Å². The molecule has 5 nitrogen and oxygen atoms in total. The normalized spacial score (nSPS) is 21.3. The molecule has 1 N–H and O–H groups in total. The van der Waals surface area contributed by atoms with Gasteiger partial charge in [-0.3, -0.25) is 0 Å². The van der Waals surface area contributed by atoms with Crippen LogP contribution in [0.15, 0.2) is 29.2 Å². The number of hydrogen-bond donors (Lipinski definition) is 1. The van der Waals surface area contributed by atoms with Gasteiger partial charge in [-0.05, 0) is 31.9 Å². The molecule has 1 aromatic rings. The highest BCUT2D eigenvalue weighted by molar-refractivity contribution is 7.85. The first-order valence-corrected chi connectivity index (χ1v) is 8.50. The summed E-state index contributed by atoms with van der Waals surface area (Å²) in [7, 11) is 0.206. The molecule has 1 atom stereocenters. The quantitative estimate of drug-likeness (QED) is 0.660. The molecule has 1 heterocycles. The lowest BCUT2D eigenvalue weighted by atomic mass is 9.98. The number of hydrogen-bond acceptors (Lipinski definition) is 4. The molecule has 0 aliphatic carbocycles. The van der Waals surface area contributed by atoms with Gasteiger partial charge in [-0.15, -0.1) is 0 Å². The van der Waals surface area contributed by atoms with Gasteiger partial charge in [-0.1, -0.05) is 17.7 Å². The van der Waals surface area contributed by atoms with Crippen LogP contribution in [0, 0.1) is 12.8 Å². The van der Waals surface area contributed by atoms with Gasteiger partial charge in [0.1, 0.15) is 10.1 Å². The number of rotatable bonds is 2. The van der Waals surface area contributed by atoms with Crippen molar-refractivity contribution in [2.45, 2.75) is 24.7 Å². The maximum Gasteiger partial charge on any atom is 0.124 e. The van der Waals surface area contributed by atoms with Gasteiger partial charge < -0.3 is 14.1 Å². The number of aryl methyl sites for hydroxylation is 1. The number of likely N-dealkylation sites (tertiary alicyclic amines) is 1. The number of benzene rings is 1. The molecule has 1 saturated heterocycles. The van der Waals surface area contributed by atoms with E-state index in [0.717, 1.165) is 16.6 Å². The molecule has 120 valence electrons. The van der Waals surface area contributed by atoms with E-state index in [9.17, 15) is 13.0 Å². The van der Waals surface area contributed by atoms with E-state index in [2.05, 4.69) is 14.1 Å². The first-order chi connectivity index (χ1) is 9.64. The van der Waals surface area contributed by atoms with Gasteiger partial charge in [-0.25, -0.2) is 8.42 Å². The fraction of sp³-hybridized carbons (Fsp3) is 0.600. The predicted molar refractivity (Wildman–Crippen MR) is 80.8 cm³/mol. The van der Waals surface area contributed by atoms with E-state index in [-0.39, 0.29) is 4.90 Å². The molecule has 0 spiro atoms. The van der Waals surface area contributed by atoms with Crippen LogP contribution in [0.4, 0.5) is 0 Å². The first kappa shape index (κ1) is 18.1. The zero-order chi connectivity index (χ0) is 16.1. The zero-order valence-corrected chi connectivity index (χ0v) is 13.8. The van der Waals surface area contributed by atoms with Gasteiger partial charge in [0.05, 0.1) is 38.7 Å². The van der Waals surface area contributed by atoms with Crippen LogP contribution in [0.3, 0.4) is 0 Å². The molecule has 0 bridgehead atoms. The average Bonchev–Trinajstić information content (AvgIpc) is 2.37. The zero-order valence-electron chi connectivity index (χ0n) is 12.9. The van der Waals surface area contributed by atoms with Gasteiger partial charge in [0, 0.05) is 5.92 Å². The average molecular weight is 315 g/mol. The Balaban J connectivity index is 0.000000211. The summed E-state index contributed by atoms with van der Waals surface area (Å²) < 4.78 is 32.3. The van der Waals surface area contributed by atoms with Crippen molar-refractivity contribution in [1.29, 1.82) is 0 Å². The van der Waals surface area contributed by atoms with Crippen LogP contribution in [0.2, 0.25) is 0 Å². The Labute approximate surface area is 127 Å². The van der Waals surface area contributed by atoms with Gasteiger partial charge in [-0.2, -0.15) is 0 Å². The molecule has 0 radical (unpaired) electrons. The molecule has 0 amide bonds. The minimum absolute atomic E-state index is 0.178. The Kier molecular flexibility index (Phi) is 6.34. The number of quaternary nitrogens is 1. The van der Waals surface area contributed by atoms with Crippen molar-refractivity contribution < 1.29 is 22.6 Å². The molecule has 1 aliphatic heterocycles. The lowest BCUT2D eigenvalue weighted by molar-refractivity contribution is -0.898. The van der Waals surface area contributed by atoms with E-state index < -0.39 is 10.1 Å².